The second kappa shape index (κ2) is 8.29. The van der Waals surface area contributed by atoms with Crippen molar-refractivity contribution < 1.29 is 14.3 Å². The number of nitrogens with two attached hydrogens (primary N) is 1. The van der Waals surface area contributed by atoms with E-state index in [1.807, 2.05) is 24.3 Å². The van der Waals surface area contributed by atoms with Crippen LogP contribution in [0.4, 0.5) is 0 Å². The molecule has 0 aliphatic carbocycles. The fourth-order valence-corrected chi connectivity index (χ4v) is 1.70. The Bertz CT molecular complexity index is 445. The highest BCUT2D eigenvalue weighted by Gasteiger charge is 2.18. The summed E-state index contributed by atoms with van der Waals surface area (Å²) in [6, 6.07) is 6.98. The zero-order chi connectivity index (χ0) is 15.0. The van der Waals surface area contributed by atoms with Gasteiger partial charge in [0.2, 0.25) is 11.8 Å². The van der Waals surface area contributed by atoms with E-state index >= 15 is 0 Å². The second-order valence-electron chi connectivity index (χ2n) is 4.45. The van der Waals surface area contributed by atoms with E-state index in [0.29, 0.717) is 13.1 Å². The Kier molecular flexibility index (Phi) is 6.69. The lowest BCUT2D eigenvalue weighted by Gasteiger charge is -2.16. The Balaban J connectivity index is 2.52. The Labute approximate surface area is 118 Å². The van der Waals surface area contributed by atoms with Gasteiger partial charge >= 0.3 is 0 Å². The topological polar surface area (TPSA) is 93.4 Å². The van der Waals surface area contributed by atoms with Gasteiger partial charge < -0.3 is 21.1 Å². The van der Waals surface area contributed by atoms with Crippen LogP contribution in [0.1, 0.15) is 18.1 Å². The minimum Gasteiger partial charge on any atom is -0.382 e. The maximum Gasteiger partial charge on any atom is 0.245 e. The molecule has 2 amide bonds. The van der Waals surface area contributed by atoms with Crippen molar-refractivity contribution in [2.45, 2.75) is 26.1 Å². The fraction of sp³-hybridized carbons (Fsp3) is 0.429. The minimum atomic E-state index is -0.680. The molecule has 0 unspecified atom stereocenters. The van der Waals surface area contributed by atoms with Crippen LogP contribution in [0.5, 0.6) is 0 Å². The van der Waals surface area contributed by atoms with E-state index in [1.165, 1.54) is 14.0 Å². The third-order valence-corrected chi connectivity index (χ3v) is 2.75. The first-order chi connectivity index (χ1) is 9.56. The largest absolute Gasteiger partial charge is 0.382 e. The maximum atomic E-state index is 11.9. The summed E-state index contributed by atoms with van der Waals surface area (Å²) in [5, 5.41) is 5.30. The summed E-state index contributed by atoms with van der Waals surface area (Å²) < 4.78 is 4.92. The molecule has 20 heavy (non-hydrogen) atoms. The molecule has 0 spiro atoms. The number of hydrogen-bond acceptors (Lipinski definition) is 4. The SMILES string of the molecule is COC[C@@H](NC(C)=O)C(=O)NCc1ccc(CN)cc1. The highest BCUT2D eigenvalue weighted by molar-refractivity contribution is 5.86. The predicted octanol–water partition coefficient (Wildman–Crippen LogP) is -0.0874. The average molecular weight is 279 g/mol. The summed E-state index contributed by atoms with van der Waals surface area (Å²) in [6.07, 6.45) is 0. The number of hydrogen-bond donors (Lipinski definition) is 3. The number of amides is 2. The van der Waals surface area contributed by atoms with Crippen molar-refractivity contribution in [1.82, 2.24) is 10.6 Å². The van der Waals surface area contributed by atoms with Gasteiger partial charge in [0, 0.05) is 27.1 Å². The summed E-state index contributed by atoms with van der Waals surface area (Å²) >= 11 is 0. The molecule has 110 valence electrons. The Morgan fingerprint density at radius 2 is 1.85 bits per heavy atom. The Morgan fingerprint density at radius 1 is 1.25 bits per heavy atom. The van der Waals surface area contributed by atoms with Gasteiger partial charge in [-0.25, -0.2) is 0 Å². The van der Waals surface area contributed by atoms with Crippen molar-refractivity contribution in [3.63, 3.8) is 0 Å². The van der Waals surface area contributed by atoms with Gasteiger partial charge in [0.25, 0.3) is 0 Å². The molecule has 0 bridgehead atoms. The van der Waals surface area contributed by atoms with E-state index in [0.717, 1.165) is 11.1 Å². The van der Waals surface area contributed by atoms with E-state index in [4.69, 9.17) is 10.5 Å². The minimum absolute atomic E-state index is 0.136. The number of carbonyl (C=O) groups is 2. The number of ether oxygens (including phenoxy) is 1. The molecule has 0 radical (unpaired) electrons. The van der Waals surface area contributed by atoms with E-state index in [-0.39, 0.29) is 18.4 Å². The molecule has 0 heterocycles. The predicted molar refractivity (Wildman–Crippen MR) is 75.7 cm³/mol. The first-order valence-corrected chi connectivity index (χ1v) is 6.38. The standard InChI is InChI=1S/C14H21N3O3/c1-10(18)17-13(9-20-2)14(19)16-8-12-5-3-11(7-15)4-6-12/h3-6,13H,7-9,15H2,1-2H3,(H,16,19)(H,17,18)/t13-/m1/s1. The molecule has 0 fully saturated rings. The van der Waals surface area contributed by atoms with E-state index in [2.05, 4.69) is 10.6 Å². The molecule has 1 atom stereocenters. The lowest BCUT2D eigenvalue weighted by atomic mass is 10.1. The molecule has 0 aliphatic rings. The Hall–Kier alpha value is -1.92. The summed E-state index contributed by atoms with van der Waals surface area (Å²) in [6.45, 7) is 2.38. The number of methoxy groups -OCH3 is 1. The highest BCUT2D eigenvalue weighted by atomic mass is 16.5. The van der Waals surface area contributed by atoms with Gasteiger partial charge in [-0.05, 0) is 11.1 Å². The molecule has 0 saturated carbocycles. The number of nitrogens with one attached hydrogen (secondary N) is 2. The van der Waals surface area contributed by atoms with E-state index < -0.39 is 6.04 Å². The molecular weight excluding hydrogens is 258 g/mol. The normalized spacial score (nSPS) is 11.8. The molecule has 0 saturated heterocycles. The van der Waals surface area contributed by atoms with Crippen LogP contribution in [0.3, 0.4) is 0 Å². The van der Waals surface area contributed by atoms with Crippen LogP contribution in [0.15, 0.2) is 24.3 Å². The van der Waals surface area contributed by atoms with Gasteiger partial charge in [0.15, 0.2) is 0 Å². The molecule has 0 aromatic heterocycles. The van der Waals surface area contributed by atoms with Crippen molar-refractivity contribution in [3.05, 3.63) is 35.4 Å². The molecule has 4 N–H and O–H groups in total. The third kappa shape index (κ3) is 5.38. The monoisotopic (exact) mass is 279 g/mol. The molecule has 6 nitrogen and oxygen atoms in total. The molecule has 6 heteroatoms. The first-order valence-electron chi connectivity index (χ1n) is 6.38. The van der Waals surface area contributed by atoms with Crippen LogP contribution in [-0.2, 0) is 27.4 Å². The molecule has 0 aliphatic heterocycles. The number of rotatable bonds is 7. The van der Waals surface area contributed by atoms with E-state index in [1.54, 1.807) is 0 Å². The van der Waals surface area contributed by atoms with Crippen LogP contribution in [0.25, 0.3) is 0 Å². The second-order valence-corrected chi connectivity index (χ2v) is 4.45. The van der Waals surface area contributed by atoms with Gasteiger partial charge in [0.1, 0.15) is 6.04 Å². The maximum absolute atomic E-state index is 11.9. The van der Waals surface area contributed by atoms with E-state index in [9.17, 15) is 9.59 Å². The lowest BCUT2D eigenvalue weighted by molar-refractivity contribution is -0.129. The molecule has 1 aromatic carbocycles. The highest BCUT2D eigenvalue weighted by Crippen LogP contribution is 2.03. The van der Waals surface area contributed by atoms with Gasteiger partial charge in [-0.3, -0.25) is 9.59 Å². The number of benzene rings is 1. The van der Waals surface area contributed by atoms with Crippen molar-refractivity contribution in [1.29, 1.82) is 0 Å². The quantitative estimate of drug-likeness (QED) is 0.650. The van der Waals surface area contributed by atoms with Crippen LogP contribution in [0, 0.1) is 0 Å². The molecular formula is C14H21N3O3. The summed E-state index contributed by atoms with van der Waals surface area (Å²) in [5.74, 6) is -0.542. The van der Waals surface area contributed by atoms with Crippen LogP contribution in [0.2, 0.25) is 0 Å². The van der Waals surface area contributed by atoms with Crippen LogP contribution < -0.4 is 16.4 Å². The smallest absolute Gasteiger partial charge is 0.245 e. The van der Waals surface area contributed by atoms with Crippen molar-refractivity contribution in [2.75, 3.05) is 13.7 Å². The molecule has 1 rings (SSSR count). The third-order valence-electron chi connectivity index (χ3n) is 2.75. The van der Waals surface area contributed by atoms with Crippen LogP contribution in [-0.4, -0.2) is 31.6 Å². The summed E-state index contributed by atoms with van der Waals surface area (Å²) in [7, 11) is 1.48. The zero-order valence-electron chi connectivity index (χ0n) is 11.8. The summed E-state index contributed by atoms with van der Waals surface area (Å²) in [5.41, 5.74) is 7.52. The fourth-order valence-electron chi connectivity index (χ4n) is 1.70. The lowest BCUT2D eigenvalue weighted by Crippen LogP contribution is -2.48. The summed E-state index contributed by atoms with van der Waals surface area (Å²) in [4.78, 5) is 23.0. The van der Waals surface area contributed by atoms with Gasteiger partial charge in [-0.1, -0.05) is 24.3 Å². The zero-order valence-corrected chi connectivity index (χ0v) is 11.8. The van der Waals surface area contributed by atoms with Crippen molar-refractivity contribution >= 4 is 11.8 Å². The van der Waals surface area contributed by atoms with Crippen molar-refractivity contribution in [3.8, 4) is 0 Å². The van der Waals surface area contributed by atoms with Gasteiger partial charge in [-0.2, -0.15) is 0 Å². The van der Waals surface area contributed by atoms with Crippen LogP contribution >= 0.6 is 0 Å². The number of carbonyl (C=O) groups excluding carboxylic acids is 2. The first kappa shape index (κ1) is 16.1. The van der Waals surface area contributed by atoms with Gasteiger partial charge in [-0.15, -0.1) is 0 Å². The molecule has 1 aromatic rings. The average Bonchev–Trinajstić information content (AvgIpc) is 2.44. The van der Waals surface area contributed by atoms with Crippen molar-refractivity contribution in [2.24, 2.45) is 5.73 Å². The van der Waals surface area contributed by atoms with Gasteiger partial charge in [0.05, 0.1) is 6.61 Å². The Morgan fingerprint density at radius 3 is 2.35 bits per heavy atom.